The van der Waals surface area contributed by atoms with E-state index in [9.17, 15) is 13.2 Å². The summed E-state index contributed by atoms with van der Waals surface area (Å²) in [7, 11) is 0. The van der Waals surface area contributed by atoms with Gasteiger partial charge < -0.3 is 5.73 Å². The third kappa shape index (κ3) is 2.30. The molecule has 5 nitrogen and oxygen atoms in total. The first-order valence-corrected chi connectivity index (χ1v) is 4.43. The van der Waals surface area contributed by atoms with Crippen LogP contribution in [0.2, 0.25) is 0 Å². The Hall–Kier alpha value is -2.25. The zero-order valence-electron chi connectivity index (χ0n) is 8.31. The molecule has 0 amide bonds. The summed E-state index contributed by atoms with van der Waals surface area (Å²) in [5.41, 5.74) is 3.79. The molecular formula is C9H6F3N5. The minimum absolute atomic E-state index is 0.118. The van der Waals surface area contributed by atoms with Crippen LogP contribution in [0.4, 0.5) is 18.9 Å². The molecule has 0 aliphatic rings. The van der Waals surface area contributed by atoms with Crippen LogP contribution in [0.5, 0.6) is 0 Å². The number of aromatic nitrogens is 4. The van der Waals surface area contributed by atoms with Crippen molar-refractivity contribution in [1.29, 1.82) is 0 Å². The zero-order valence-corrected chi connectivity index (χ0v) is 8.31. The van der Waals surface area contributed by atoms with Crippen LogP contribution in [0.3, 0.4) is 0 Å². The first kappa shape index (κ1) is 11.2. The van der Waals surface area contributed by atoms with Gasteiger partial charge in [0, 0.05) is 12.4 Å². The lowest BCUT2D eigenvalue weighted by Crippen LogP contribution is -2.13. The molecule has 0 unspecified atom stereocenters. The van der Waals surface area contributed by atoms with E-state index in [-0.39, 0.29) is 11.4 Å². The van der Waals surface area contributed by atoms with E-state index in [0.717, 1.165) is 6.20 Å². The molecule has 2 heterocycles. The third-order valence-corrected chi connectivity index (χ3v) is 1.90. The van der Waals surface area contributed by atoms with Crippen LogP contribution in [0.25, 0.3) is 11.4 Å². The first-order chi connectivity index (χ1) is 7.98. The van der Waals surface area contributed by atoms with Crippen molar-refractivity contribution in [3.05, 3.63) is 30.6 Å². The smallest absolute Gasteiger partial charge is 0.396 e. The second-order valence-electron chi connectivity index (χ2n) is 3.12. The molecule has 2 aromatic rings. The normalized spacial score (nSPS) is 11.5. The Morgan fingerprint density at radius 1 is 1.06 bits per heavy atom. The van der Waals surface area contributed by atoms with E-state index in [2.05, 4.69) is 19.9 Å². The number of nitrogen functional groups attached to an aromatic ring is 1. The summed E-state index contributed by atoms with van der Waals surface area (Å²) in [6.45, 7) is 0. The molecule has 0 atom stereocenters. The van der Waals surface area contributed by atoms with Crippen LogP contribution in [-0.2, 0) is 6.18 Å². The van der Waals surface area contributed by atoms with Crippen LogP contribution < -0.4 is 5.73 Å². The Morgan fingerprint density at radius 3 is 2.29 bits per heavy atom. The second kappa shape index (κ2) is 3.96. The number of alkyl halides is 3. The van der Waals surface area contributed by atoms with Crippen molar-refractivity contribution in [1.82, 2.24) is 19.9 Å². The van der Waals surface area contributed by atoms with Gasteiger partial charge in [0.25, 0.3) is 0 Å². The van der Waals surface area contributed by atoms with E-state index in [1.807, 2.05) is 0 Å². The molecule has 0 fully saturated rings. The Labute approximate surface area is 93.6 Å². The molecule has 0 saturated heterocycles. The lowest BCUT2D eigenvalue weighted by Gasteiger charge is -2.09. The van der Waals surface area contributed by atoms with Gasteiger partial charge in [0.1, 0.15) is 6.33 Å². The Balaban J connectivity index is 2.53. The fraction of sp³-hybridized carbons (Fsp3) is 0.111. The van der Waals surface area contributed by atoms with Gasteiger partial charge >= 0.3 is 6.18 Å². The summed E-state index contributed by atoms with van der Waals surface area (Å²) in [6.07, 6.45) is 0.193. The molecule has 2 aromatic heterocycles. The van der Waals surface area contributed by atoms with Gasteiger partial charge in [-0.3, -0.25) is 0 Å². The van der Waals surface area contributed by atoms with Crippen molar-refractivity contribution in [2.75, 3.05) is 5.73 Å². The molecule has 0 radical (unpaired) electrons. The highest BCUT2D eigenvalue weighted by Crippen LogP contribution is 2.32. The number of hydrogen-bond donors (Lipinski definition) is 1. The topological polar surface area (TPSA) is 77.6 Å². The van der Waals surface area contributed by atoms with Crippen LogP contribution in [0.15, 0.2) is 24.9 Å². The molecule has 0 spiro atoms. The zero-order chi connectivity index (χ0) is 12.5. The molecule has 0 aliphatic heterocycles. The Bertz CT molecular complexity index is 526. The summed E-state index contributed by atoms with van der Waals surface area (Å²) in [5.74, 6) is -0.118. The van der Waals surface area contributed by atoms with Crippen molar-refractivity contribution in [2.24, 2.45) is 0 Å². The number of anilines is 1. The van der Waals surface area contributed by atoms with Gasteiger partial charge in [0.15, 0.2) is 11.5 Å². The quantitative estimate of drug-likeness (QED) is 0.819. The van der Waals surface area contributed by atoms with E-state index in [0.29, 0.717) is 0 Å². The minimum atomic E-state index is -4.61. The van der Waals surface area contributed by atoms with E-state index in [4.69, 9.17) is 5.73 Å². The van der Waals surface area contributed by atoms with Crippen molar-refractivity contribution < 1.29 is 13.2 Å². The van der Waals surface area contributed by atoms with Crippen LogP contribution in [0, 0.1) is 0 Å². The maximum atomic E-state index is 12.5. The molecule has 0 aliphatic carbocycles. The largest absolute Gasteiger partial charge is 0.435 e. The fourth-order valence-corrected chi connectivity index (χ4v) is 1.17. The number of halogens is 3. The highest BCUT2D eigenvalue weighted by molar-refractivity contribution is 5.55. The fourth-order valence-electron chi connectivity index (χ4n) is 1.17. The summed E-state index contributed by atoms with van der Waals surface area (Å²) in [5, 5.41) is 0. The van der Waals surface area contributed by atoms with Gasteiger partial charge in [-0.1, -0.05) is 0 Å². The second-order valence-corrected chi connectivity index (χ2v) is 3.12. The lowest BCUT2D eigenvalue weighted by molar-refractivity contribution is -0.140. The van der Waals surface area contributed by atoms with Gasteiger partial charge in [-0.15, -0.1) is 0 Å². The van der Waals surface area contributed by atoms with Crippen molar-refractivity contribution in [3.63, 3.8) is 0 Å². The standard InChI is InChI=1S/C9H6F3N5/c10-9(11,12)7-6(13)3-16-8(17-7)5-1-14-4-15-2-5/h1-4H,13H2. The molecular weight excluding hydrogens is 235 g/mol. The summed E-state index contributed by atoms with van der Waals surface area (Å²) < 4.78 is 37.6. The van der Waals surface area contributed by atoms with Crippen molar-refractivity contribution in [3.8, 4) is 11.4 Å². The average molecular weight is 241 g/mol. The van der Waals surface area contributed by atoms with Gasteiger partial charge in [0.2, 0.25) is 0 Å². The molecule has 0 aromatic carbocycles. The molecule has 2 rings (SSSR count). The van der Waals surface area contributed by atoms with Crippen LogP contribution in [0.1, 0.15) is 5.69 Å². The van der Waals surface area contributed by atoms with E-state index < -0.39 is 17.6 Å². The summed E-state index contributed by atoms with van der Waals surface area (Å²) >= 11 is 0. The number of nitrogens with two attached hydrogens (primary N) is 1. The number of nitrogens with zero attached hydrogens (tertiary/aromatic N) is 4. The van der Waals surface area contributed by atoms with Gasteiger partial charge in [-0.25, -0.2) is 19.9 Å². The van der Waals surface area contributed by atoms with E-state index in [1.54, 1.807) is 0 Å². The third-order valence-electron chi connectivity index (χ3n) is 1.90. The highest BCUT2D eigenvalue weighted by atomic mass is 19.4. The SMILES string of the molecule is Nc1cnc(-c2cncnc2)nc1C(F)(F)F. The van der Waals surface area contributed by atoms with Crippen LogP contribution in [-0.4, -0.2) is 19.9 Å². The molecule has 0 bridgehead atoms. The maximum absolute atomic E-state index is 12.5. The summed E-state index contributed by atoms with van der Waals surface area (Å²) in [4.78, 5) is 14.4. The number of hydrogen-bond acceptors (Lipinski definition) is 5. The van der Waals surface area contributed by atoms with Gasteiger partial charge in [-0.2, -0.15) is 13.2 Å². The van der Waals surface area contributed by atoms with Gasteiger partial charge in [0.05, 0.1) is 17.4 Å². The summed E-state index contributed by atoms with van der Waals surface area (Å²) in [6, 6.07) is 0. The Kier molecular flexibility index (Phi) is 2.62. The average Bonchev–Trinajstić information content (AvgIpc) is 2.29. The molecule has 88 valence electrons. The Morgan fingerprint density at radius 2 is 1.71 bits per heavy atom. The van der Waals surface area contributed by atoms with Gasteiger partial charge in [-0.05, 0) is 0 Å². The van der Waals surface area contributed by atoms with Crippen LogP contribution >= 0.6 is 0 Å². The molecule has 17 heavy (non-hydrogen) atoms. The van der Waals surface area contributed by atoms with Crippen molar-refractivity contribution in [2.45, 2.75) is 6.18 Å². The molecule has 0 saturated carbocycles. The van der Waals surface area contributed by atoms with E-state index in [1.165, 1.54) is 18.7 Å². The number of rotatable bonds is 1. The van der Waals surface area contributed by atoms with E-state index >= 15 is 0 Å². The van der Waals surface area contributed by atoms with Crippen molar-refractivity contribution >= 4 is 5.69 Å². The first-order valence-electron chi connectivity index (χ1n) is 4.43. The lowest BCUT2D eigenvalue weighted by atomic mass is 10.3. The highest BCUT2D eigenvalue weighted by Gasteiger charge is 2.35. The molecule has 2 N–H and O–H groups in total. The maximum Gasteiger partial charge on any atom is 0.435 e. The minimum Gasteiger partial charge on any atom is -0.396 e. The monoisotopic (exact) mass is 241 g/mol. The predicted octanol–water partition coefficient (Wildman–Crippen LogP) is 1.53. The molecule has 8 heteroatoms. The predicted molar refractivity (Wildman–Crippen MR) is 52.5 cm³/mol.